The van der Waals surface area contributed by atoms with Gasteiger partial charge in [0.2, 0.25) is 0 Å². The van der Waals surface area contributed by atoms with Crippen molar-refractivity contribution in [2.45, 2.75) is 19.3 Å². The van der Waals surface area contributed by atoms with Gasteiger partial charge in [0.25, 0.3) is 0 Å². The lowest BCUT2D eigenvalue weighted by Crippen LogP contribution is -2.24. The van der Waals surface area contributed by atoms with Crippen LogP contribution in [-0.4, -0.2) is 26.3 Å². The summed E-state index contributed by atoms with van der Waals surface area (Å²) in [5.41, 5.74) is -2.54. The molecule has 6 nitrogen and oxygen atoms in total. The number of fused-ring (bicyclic) bond motifs is 1. The molecule has 0 saturated heterocycles. The van der Waals surface area contributed by atoms with Crippen LogP contribution in [0.1, 0.15) is 17.0 Å². The van der Waals surface area contributed by atoms with E-state index in [1.165, 1.54) is 7.11 Å². The van der Waals surface area contributed by atoms with Crippen LogP contribution in [0.2, 0.25) is 5.02 Å². The molecule has 0 saturated carbocycles. The Kier molecular flexibility index (Phi) is 4.72. The molecule has 0 aliphatic carbocycles. The summed E-state index contributed by atoms with van der Waals surface area (Å²) in [4.78, 5) is 16.3. The molecule has 0 aliphatic heterocycles. The van der Waals surface area contributed by atoms with E-state index in [0.29, 0.717) is 4.68 Å². The summed E-state index contributed by atoms with van der Waals surface area (Å²) in [5.74, 6) is -0.797. The van der Waals surface area contributed by atoms with Crippen molar-refractivity contribution < 1.29 is 22.3 Å². The summed E-state index contributed by atoms with van der Waals surface area (Å²) in [6.45, 7) is -0.555. The summed E-state index contributed by atoms with van der Waals surface area (Å²) in [5, 5.41) is 3.78. The molecule has 0 N–H and O–H groups in total. The lowest BCUT2D eigenvalue weighted by Gasteiger charge is -2.09. The summed E-state index contributed by atoms with van der Waals surface area (Å²) < 4.78 is 60.0. The van der Waals surface area contributed by atoms with Crippen LogP contribution in [0.4, 0.5) is 17.6 Å². The van der Waals surface area contributed by atoms with Crippen LogP contribution >= 0.6 is 11.6 Å². The van der Waals surface area contributed by atoms with Gasteiger partial charge in [0.1, 0.15) is 11.4 Å². The first-order valence-corrected chi connectivity index (χ1v) is 7.57. The lowest BCUT2D eigenvalue weighted by molar-refractivity contribution is -0.136. The Morgan fingerprint density at radius 1 is 1.31 bits per heavy atom. The van der Waals surface area contributed by atoms with Crippen molar-refractivity contribution in [1.29, 1.82) is 0 Å². The predicted molar refractivity (Wildman–Crippen MR) is 83.5 cm³/mol. The van der Waals surface area contributed by atoms with E-state index in [9.17, 15) is 22.4 Å². The smallest absolute Gasteiger partial charge is 0.378 e. The molecule has 26 heavy (non-hydrogen) atoms. The molecule has 0 fully saturated rings. The standard InChI is InChI=1S/C15H11ClF4N4O2/c1-26-7-9-2-3-10(15(18,19)20)13-22-23(14(25)24(9)13)6-12-11(17)4-8(16)5-21-12/h2-5H,6-7H2,1H3. The van der Waals surface area contributed by atoms with Gasteiger partial charge in [0.15, 0.2) is 5.65 Å². The molecule has 0 aromatic carbocycles. The van der Waals surface area contributed by atoms with Gasteiger partial charge in [-0.2, -0.15) is 13.2 Å². The van der Waals surface area contributed by atoms with Crippen LogP contribution in [0.25, 0.3) is 5.65 Å². The number of pyridine rings is 2. The van der Waals surface area contributed by atoms with E-state index in [1.54, 1.807) is 0 Å². The van der Waals surface area contributed by atoms with Crippen molar-refractivity contribution >= 4 is 17.2 Å². The first kappa shape index (κ1) is 18.3. The van der Waals surface area contributed by atoms with E-state index in [-0.39, 0.29) is 23.0 Å². The molecule has 0 radical (unpaired) electrons. The molecule has 0 spiro atoms. The predicted octanol–water partition coefficient (Wildman–Crippen LogP) is 2.90. The third-order valence-electron chi connectivity index (χ3n) is 3.59. The average Bonchev–Trinajstić information content (AvgIpc) is 2.86. The molecule has 3 aromatic heterocycles. The SMILES string of the molecule is COCc1ccc(C(F)(F)F)c2nn(Cc3ncc(Cl)cc3F)c(=O)n12. The Bertz CT molecular complexity index is 1030. The molecule has 3 heterocycles. The number of nitrogens with zero attached hydrogens (tertiary/aromatic N) is 4. The number of rotatable bonds is 4. The molecular formula is C15H11ClF4N4O2. The van der Waals surface area contributed by atoms with Crippen LogP contribution in [0.5, 0.6) is 0 Å². The third kappa shape index (κ3) is 3.29. The molecule has 0 unspecified atom stereocenters. The summed E-state index contributed by atoms with van der Waals surface area (Å²) in [6.07, 6.45) is -3.55. The van der Waals surface area contributed by atoms with Crippen molar-refractivity contribution in [3.8, 4) is 0 Å². The molecule has 138 valence electrons. The number of hydrogen-bond acceptors (Lipinski definition) is 4. The van der Waals surface area contributed by atoms with E-state index in [0.717, 1.165) is 28.8 Å². The normalized spacial score (nSPS) is 12.1. The molecular weight excluding hydrogens is 380 g/mol. The minimum absolute atomic E-state index is 0.0512. The largest absolute Gasteiger partial charge is 0.420 e. The van der Waals surface area contributed by atoms with Gasteiger partial charge in [-0.1, -0.05) is 11.6 Å². The van der Waals surface area contributed by atoms with E-state index in [2.05, 4.69) is 10.1 Å². The minimum atomic E-state index is -4.72. The topological polar surface area (TPSA) is 61.4 Å². The molecule has 11 heteroatoms. The number of ether oxygens (including phenoxy) is 1. The Balaban J connectivity index is 2.19. The Morgan fingerprint density at radius 3 is 2.65 bits per heavy atom. The van der Waals surface area contributed by atoms with E-state index in [1.807, 2.05) is 0 Å². The van der Waals surface area contributed by atoms with Crippen LogP contribution in [0, 0.1) is 5.82 Å². The van der Waals surface area contributed by atoms with Gasteiger partial charge in [-0.25, -0.2) is 18.3 Å². The van der Waals surface area contributed by atoms with Crippen molar-refractivity contribution in [3.05, 3.63) is 62.7 Å². The highest BCUT2D eigenvalue weighted by atomic mass is 35.5. The quantitative estimate of drug-likeness (QED) is 0.643. The number of halogens is 5. The number of aromatic nitrogens is 4. The van der Waals surface area contributed by atoms with Gasteiger partial charge >= 0.3 is 11.9 Å². The highest BCUT2D eigenvalue weighted by molar-refractivity contribution is 6.30. The summed E-state index contributed by atoms with van der Waals surface area (Å²) in [7, 11) is 1.34. The van der Waals surface area contributed by atoms with Crippen molar-refractivity contribution in [2.75, 3.05) is 7.11 Å². The van der Waals surface area contributed by atoms with E-state index in [4.69, 9.17) is 16.3 Å². The second kappa shape index (κ2) is 6.69. The van der Waals surface area contributed by atoms with Gasteiger partial charge in [-0.15, -0.1) is 5.10 Å². The molecule has 3 rings (SSSR count). The monoisotopic (exact) mass is 390 g/mol. The maximum Gasteiger partial charge on any atom is 0.420 e. The molecule has 0 amide bonds. The first-order chi connectivity index (χ1) is 12.2. The Hall–Kier alpha value is -2.46. The second-order valence-corrected chi connectivity index (χ2v) is 5.79. The molecule has 0 atom stereocenters. The van der Waals surface area contributed by atoms with Crippen molar-refractivity contribution in [2.24, 2.45) is 0 Å². The highest BCUT2D eigenvalue weighted by Crippen LogP contribution is 2.32. The van der Waals surface area contributed by atoms with Gasteiger partial charge in [0, 0.05) is 13.3 Å². The fraction of sp³-hybridized carbons (Fsp3) is 0.267. The fourth-order valence-corrected chi connectivity index (χ4v) is 2.60. The van der Waals surface area contributed by atoms with Crippen molar-refractivity contribution in [3.63, 3.8) is 0 Å². The van der Waals surface area contributed by atoms with Crippen LogP contribution in [-0.2, 0) is 24.1 Å². The van der Waals surface area contributed by atoms with E-state index >= 15 is 0 Å². The summed E-state index contributed by atoms with van der Waals surface area (Å²) >= 11 is 5.61. The Morgan fingerprint density at radius 2 is 2.04 bits per heavy atom. The maximum absolute atomic E-state index is 13.9. The van der Waals surface area contributed by atoms with Gasteiger partial charge < -0.3 is 4.74 Å². The maximum atomic E-state index is 13.9. The van der Waals surface area contributed by atoms with Crippen LogP contribution < -0.4 is 5.69 Å². The van der Waals surface area contributed by atoms with Crippen LogP contribution in [0.3, 0.4) is 0 Å². The molecule has 0 bridgehead atoms. The minimum Gasteiger partial charge on any atom is -0.378 e. The first-order valence-electron chi connectivity index (χ1n) is 7.20. The van der Waals surface area contributed by atoms with E-state index < -0.39 is 35.4 Å². The molecule has 3 aromatic rings. The molecule has 0 aliphatic rings. The lowest BCUT2D eigenvalue weighted by atomic mass is 10.2. The Labute approximate surface area is 148 Å². The number of alkyl halides is 3. The zero-order valence-electron chi connectivity index (χ0n) is 13.2. The second-order valence-electron chi connectivity index (χ2n) is 5.35. The van der Waals surface area contributed by atoms with Gasteiger partial charge in [0.05, 0.1) is 29.6 Å². The zero-order chi connectivity index (χ0) is 19.1. The zero-order valence-corrected chi connectivity index (χ0v) is 14.0. The fourth-order valence-electron chi connectivity index (χ4n) is 2.46. The average molecular weight is 391 g/mol. The number of hydrogen-bond donors (Lipinski definition) is 0. The van der Waals surface area contributed by atoms with Crippen LogP contribution in [0.15, 0.2) is 29.2 Å². The van der Waals surface area contributed by atoms with Crippen molar-refractivity contribution in [1.82, 2.24) is 19.2 Å². The van der Waals surface area contributed by atoms with Gasteiger partial charge in [-0.05, 0) is 18.2 Å². The highest BCUT2D eigenvalue weighted by Gasteiger charge is 2.35. The summed E-state index contributed by atoms with van der Waals surface area (Å²) in [6, 6.07) is 2.94. The number of methoxy groups -OCH3 is 1. The van der Waals surface area contributed by atoms with Gasteiger partial charge in [-0.3, -0.25) is 4.98 Å². The third-order valence-corrected chi connectivity index (χ3v) is 3.80.